The van der Waals surface area contributed by atoms with Gasteiger partial charge in [-0.05, 0) is 36.8 Å². The van der Waals surface area contributed by atoms with E-state index in [0.717, 1.165) is 12.1 Å². The molecule has 0 spiro atoms. The topological polar surface area (TPSA) is 75.4 Å². The van der Waals surface area contributed by atoms with Crippen molar-refractivity contribution in [1.29, 1.82) is 0 Å². The van der Waals surface area contributed by atoms with Gasteiger partial charge >= 0.3 is 0 Å². The van der Waals surface area contributed by atoms with Crippen molar-refractivity contribution in [3.05, 3.63) is 53.3 Å². The number of carbonyl (C=O) groups excluding carboxylic acids is 1. The molecule has 2 aromatic rings. The second-order valence-corrected chi connectivity index (χ2v) is 4.23. The number of aromatic hydroxyl groups is 1. The van der Waals surface area contributed by atoms with Gasteiger partial charge in [0.1, 0.15) is 11.6 Å². The Bertz CT molecular complexity index is 621. The summed E-state index contributed by atoms with van der Waals surface area (Å²) in [5.41, 5.74) is 6.90. The van der Waals surface area contributed by atoms with Crippen LogP contribution >= 0.6 is 0 Å². The molecule has 5 heteroatoms. The number of hydrogen-bond donors (Lipinski definition) is 3. The van der Waals surface area contributed by atoms with Crippen LogP contribution in [0.5, 0.6) is 5.75 Å². The summed E-state index contributed by atoms with van der Waals surface area (Å²) in [5.74, 6) is -0.983. The molecule has 0 aliphatic heterocycles. The van der Waals surface area contributed by atoms with Gasteiger partial charge in [-0.1, -0.05) is 6.07 Å². The minimum Gasteiger partial charge on any atom is -0.508 e. The Morgan fingerprint density at radius 2 is 2.00 bits per heavy atom. The van der Waals surface area contributed by atoms with E-state index in [1.165, 1.54) is 12.1 Å². The third-order valence-electron chi connectivity index (χ3n) is 2.65. The second-order valence-electron chi connectivity index (χ2n) is 4.23. The van der Waals surface area contributed by atoms with Crippen LogP contribution in [0.1, 0.15) is 15.9 Å². The zero-order valence-corrected chi connectivity index (χ0v) is 10.3. The first-order chi connectivity index (χ1) is 8.95. The molecule has 19 heavy (non-hydrogen) atoms. The maximum absolute atomic E-state index is 13.1. The maximum Gasteiger partial charge on any atom is 0.255 e. The molecule has 98 valence electrons. The van der Waals surface area contributed by atoms with Crippen molar-refractivity contribution in [2.45, 2.75) is 6.92 Å². The van der Waals surface area contributed by atoms with Gasteiger partial charge in [-0.15, -0.1) is 0 Å². The summed E-state index contributed by atoms with van der Waals surface area (Å²) in [6, 6.07) is 8.36. The first-order valence-corrected chi connectivity index (χ1v) is 5.63. The van der Waals surface area contributed by atoms with Gasteiger partial charge < -0.3 is 16.2 Å². The average molecular weight is 260 g/mol. The highest BCUT2D eigenvalue weighted by molar-refractivity contribution is 6.04. The Balaban J connectivity index is 2.22. The molecule has 0 bridgehead atoms. The molecule has 4 N–H and O–H groups in total. The average Bonchev–Trinajstić information content (AvgIpc) is 2.32. The molecule has 0 radical (unpaired) electrons. The number of nitrogen functional groups attached to an aromatic ring is 1. The molecule has 0 aromatic heterocycles. The van der Waals surface area contributed by atoms with Gasteiger partial charge in [0.15, 0.2) is 0 Å². The highest BCUT2D eigenvalue weighted by Crippen LogP contribution is 2.21. The Kier molecular flexibility index (Phi) is 3.37. The lowest BCUT2D eigenvalue weighted by Crippen LogP contribution is -2.12. The fraction of sp³-hybridized carbons (Fsp3) is 0.0714. The van der Waals surface area contributed by atoms with Gasteiger partial charge in [0.05, 0.1) is 0 Å². The number of anilines is 2. The Morgan fingerprint density at radius 1 is 1.26 bits per heavy atom. The lowest BCUT2D eigenvalue weighted by Gasteiger charge is -2.07. The van der Waals surface area contributed by atoms with Crippen LogP contribution in [-0.4, -0.2) is 11.0 Å². The standard InChI is InChI=1S/C14H13FN2O2/c1-8-2-3-12(7-13(8)18)17-14(19)9-4-10(15)6-11(16)5-9/h2-7,18H,16H2,1H3,(H,17,19). The van der Waals surface area contributed by atoms with Crippen LogP contribution in [0.3, 0.4) is 0 Å². The van der Waals surface area contributed by atoms with Gasteiger partial charge in [0.25, 0.3) is 5.91 Å². The van der Waals surface area contributed by atoms with Gasteiger partial charge in [-0.3, -0.25) is 4.79 Å². The van der Waals surface area contributed by atoms with E-state index in [1.54, 1.807) is 19.1 Å². The molecule has 1 amide bonds. The zero-order chi connectivity index (χ0) is 14.0. The Morgan fingerprint density at radius 3 is 2.63 bits per heavy atom. The predicted molar refractivity (Wildman–Crippen MR) is 71.6 cm³/mol. The number of hydrogen-bond acceptors (Lipinski definition) is 3. The largest absolute Gasteiger partial charge is 0.508 e. The molecule has 0 saturated carbocycles. The third kappa shape index (κ3) is 3.01. The highest BCUT2D eigenvalue weighted by Gasteiger charge is 2.09. The van der Waals surface area contributed by atoms with Crippen LogP contribution < -0.4 is 11.1 Å². The summed E-state index contributed by atoms with van der Waals surface area (Å²) in [6.07, 6.45) is 0. The van der Waals surface area contributed by atoms with Crippen LogP contribution in [-0.2, 0) is 0 Å². The first kappa shape index (κ1) is 12.9. The predicted octanol–water partition coefficient (Wildman–Crippen LogP) is 2.67. The van der Waals surface area contributed by atoms with E-state index in [2.05, 4.69) is 5.32 Å². The smallest absolute Gasteiger partial charge is 0.255 e. The van der Waals surface area contributed by atoms with Crippen LogP contribution in [0.2, 0.25) is 0 Å². The van der Waals surface area contributed by atoms with E-state index in [4.69, 9.17) is 5.73 Å². The van der Waals surface area contributed by atoms with E-state index < -0.39 is 11.7 Å². The molecule has 0 aliphatic rings. The van der Waals surface area contributed by atoms with E-state index in [9.17, 15) is 14.3 Å². The normalized spacial score (nSPS) is 10.2. The number of benzene rings is 2. The molecular weight excluding hydrogens is 247 g/mol. The van der Waals surface area contributed by atoms with E-state index in [0.29, 0.717) is 11.3 Å². The quantitative estimate of drug-likeness (QED) is 0.727. The molecule has 0 aliphatic carbocycles. The van der Waals surface area contributed by atoms with Crippen LogP contribution in [0.15, 0.2) is 36.4 Å². The lowest BCUT2D eigenvalue weighted by molar-refractivity contribution is 0.102. The molecule has 4 nitrogen and oxygen atoms in total. The molecular formula is C14H13FN2O2. The number of carbonyl (C=O) groups is 1. The van der Waals surface area contributed by atoms with Crippen LogP contribution in [0, 0.1) is 12.7 Å². The number of amides is 1. The number of nitrogens with one attached hydrogen (secondary N) is 1. The minimum atomic E-state index is -0.572. The first-order valence-electron chi connectivity index (χ1n) is 5.63. The summed E-state index contributed by atoms with van der Waals surface area (Å²) in [6.45, 7) is 1.74. The minimum absolute atomic E-state index is 0.0801. The number of halogens is 1. The SMILES string of the molecule is Cc1ccc(NC(=O)c2cc(N)cc(F)c2)cc1O. The van der Waals surface area contributed by atoms with Gasteiger partial charge in [0, 0.05) is 23.0 Å². The van der Waals surface area contributed by atoms with Crippen molar-refractivity contribution in [2.75, 3.05) is 11.1 Å². The summed E-state index contributed by atoms with van der Waals surface area (Å²) in [4.78, 5) is 11.9. The molecule has 0 fully saturated rings. The Hall–Kier alpha value is -2.56. The van der Waals surface area contributed by atoms with Crippen molar-refractivity contribution < 1.29 is 14.3 Å². The summed E-state index contributed by atoms with van der Waals surface area (Å²) in [5, 5.41) is 12.1. The third-order valence-corrected chi connectivity index (χ3v) is 2.65. The summed E-state index contributed by atoms with van der Waals surface area (Å²) in [7, 11) is 0. The van der Waals surface area contributed by atoms with Gasteiger partial charge in [0.2, 0.25) is 0 Å². The van der Waals surface area contributed by atoms with Gasteiger partial charge in [-0.2, -0.15) is 0 Å². The number of phenols is 1. The maximum atomic E-state index is 13.1. The number of rotatable bonds is 2. The monoisotopic (exact) mass is 260 g/mol. The Labute approximate surface area is 109 Å². The fourth-order valence-corrected chi connectivity index (χ4v) is 1.63. The van der Waals surface area contributed by atoms with Crippen molar-refractivity contribution in [3.63, 3.8) is 0 Å². The molecule has 0 atom stereocenters. The second kappa shape index (κ2) is 4.97. The van der Waals surface area contributed by atoms with Crippen molar-refractivity contribution in [1.82, 2.24) is 0 Å². The summed E-state index contributed by atoms with van der Waals surface area (Å²) < 4.78 is 13.1. The van der Waals surface area contributed by atoms with Crippen LogP contribution in [0.4, 0.5) is 15.8 Å². The van der Waals surface area contributed by atoms with E-state index >= 15 is 0 Å². The molecule has 2 aromatic carbocycles. The highest BCUT2D eigenvalue weighted by atomic mass is 19.1. The number of nitrogens with two attached hydrogens (primary N) is 1. The van der Waals surface area contributed by atoms with Crippen LogP contribution in [0.25, 0.3) is 0 Å². The fourth-order valence-electron chi connectivity index (χ4n) is 1.63. The lowest BCUT2D eigenvalue weighted by atomic mass is 10.1. The van der Waals surface area contributed by atoms with Crippen molar-refractivity contribution >= 4 is 17.3 Å². The van der Waals surface area contributed by atoms with E-state index in [1.807, 2.05) is 0 Å². The molecule has 0 unspecified atom stereocenters. The zero-order valence-electron chi connectivity index (χ0n) is 10.3. The molecule has 0 heterocycles. The summed E-state index contributed by atoms with van der Waals surface area (Å²) >= 11 is 0. The van der Waals surface area contributed by atoms with E-state index in [-0.39, 0.29) is 17.0 Å². The molecule has 0 saturated heterocycles. The number of phenolic OH excluding ortho intramolecular Hbond substituents is 1. The number of aryl methyl sites for hydroxylation is 1. The van der Waals surface area contributed by atoms with Crippen molar-refractivity contribution in [3.8, 4) is 5.75 Å². The van der Waals surface area contributed by atoms with Crippen molar-refractivity contribution in [2.24, 2.45) is 0 Å². The van der Waals surface area contributed by atoms with Gasteiger partial charge in [-0.25, -0.2) is 4.39 Å². The molecule has 2 rings (SSSR count).